The number of benzene rings is 1. The zero-order valence-electron chi connectivity index (χ0n) is 15.4. The Morgan fingerprint density at radius 2 is 2.04 bits per heavy atom. The second-order valence-corrected chi connectivity index (χ2v) is 9.04. The van der Waals surface area contributed by atoms with Gasteiger partial charge in [0.05, 0.1) is 11.8 Å². The second-order valence-electron chi connectivity index (χ2n) is 7.00. The third-order valence-corrected chi connectivity index (χ3v) is 5.65. The molecule has 1 amide bonds. The summed E-state index contributed by atoms with van der Waals surface area (Å²) in [5, 5.41) is 2.88. The third kappa shape index (κ3) is 5.19. The second kappa shape index (κ2) is 7.74. The number of nitrogens with one attached hydrogen (secondary N) is 2. The van der Waals surface area contributed by atoms with Crippen molar-refractivity contribution in [3.8, 4) is 5.75 Å². The molecule has 0 aliphatic carbocycles. The molecule has 1 aromatic rings. The number of rotatable bonds is 7. The topological polar surface area (TPSA) is 84.5 Å². The normalized spacial score (nSPS) is 19.0. The van der Waals surface area contributed by atoms with E-state index in [-0.39, 0.29) is 11.7 Å². The zero-order valence-corrected chi connectivity index (χ0v) is 16.2. The van der Waals surface area contributed by atoms with Gasteiger partial charge < -0.3 is 10.1 Å². The summed E-state index contributed by atoms with van der Waals surface area (Å²) in [4.78, 5) is 12.3. The van der Waals surface area contributed by atoms with Crippen LogP contribution in [0.25, 0.3) is 0 Å². The van der Waals surface area contributed by atoms with E-state index in [0.29, 0.717) is 29.8 Å². The molecular formula is C18H28N2O4S. The Morgan fingerprint density at radius 1 is 1.32 bits per heavy atom. The first-order chi connectivity index (χ1) is 11.7. The smallest absolute Gasteiger partial charge is 0.251 e. The predicted octanol–water partition coefficient (Wildman–Crippen LogP) is 2.76. The molecule has 0 saturated heterocycles. The lowest BCUT2D eigenvalue weighted by molar-refractivity contribution is 0.0701. The molecule has 0 radical (unpaired) electrons. The van der Waals surface area contributed by atoms with Crippen LogP contribution in [0.5, 0.6) is 5.75 Å². The summed E-state index contributed by atoms with van der Waals surface area (Å²) in [5.74, 6) is 0.473. The summed E-state index contributed by atoms with van der Waals surface area (Å²) in [7, 11) is -3.37. The van der Waals surface area contributed by atoms with E-state index in [1.54, 1.807) is 25.1 Å². The lowest BCUT2D eigenvalue weighted by Gasteiger charge is -2.37. The highest BCUT2D eigenvalue weighted by Crippen LogP contribution is 2.40. The average Bonchev–Trinajstić information content (AvgIpc) is 2.53. The SMILES string of the molecule is CCCCNC(=O)c1ccc2c(c1)C(NS(=O)(=O)CC)CC(C)(C)O2. The summed E-state index contributed by atoms with van der Waals surface area (Å²) >= 11 is 0. The average molecular weight is 368 g/mol. The van der Waals surface area contributed by atoms with Crippen LogP contribution in [0.15, 0.2) is 18.2 Å². The van der Waals surface area contributed by atoms with E-state index in [0.717, 1.165) is 12.8 Å². The van der Waals surface area contributed by atoms with Gasteiger partial charge in [0.2, 0.25) is 10.0 Å². The van der Waals surface area contributed by atoms with Crippen LogP contribution in [0.1, 0.15) is 68.9 Å². The van der Waals surface area contributed by atoms with E-state index in [9.17, 15) is 13.2 Å². The molecule has 0 bridgehead atoms. The van der Waals surface area contributed by atoms with Crippen LogP contribution in [-0.4, -0.2) is 32.2 Å². The minimum Gasteiger partial charge on any atom is -0.487 e. The maximum Gasteiger partial charge on any atom is 0.251 e. The van der Waals surface area contributed by atoms with E-state index in [4.69, 9.17) is 4.74 Å². The Kier molecular flexibility index (Phi) is 6.11. The van der Waals surface area contributed by atoms with Crippen molar-refractivity contribution in [3.05, 3.63) is 29.3 Å². The van der Waals surface area contributed by atoms with E-state index < -0.39 is 21.7 Å². The van der Waals surface area contributed by atoms with Gasteiger partial charge >= 0.3 is 0 Å². The number of hydrogen-bond acceptors (Lipinski definition) is 4. The van der Waals surface area contributed by atoms with Crippen LogP contribution in [0.3, 0.4) is 0 Å². The standard InChI is InChI=1S/C18H28N2O4S/c1-5-7-10-19-17(21)13-8-9-16-14(11-13)15(12-18(3,4)24-16)20-25(22,23)6-2/h8-9,11,15,20H,5-7,10,12H2,1-4H3,(H,19,21). The number of carbonyl (C=O) groups is 1. The highest BCUT2D eigenvalue weighted by molar-refractivity contribution is 7.89. The van der Waals surface area contributed by atoms with Gasteiger partial charge in [0, 0.05) is 24.1 Å². The highest BCUT2D eigenvalue weighted by Gasteiger charge is 2.35. The summed E-state index contributed by atoms with van der Waals surface area (Å²) < 4.78 is 32.8. The first-order valence-corrected chi connectivity index (χ1v) is 10.4. The van der Waals surface area contributed by atoms with Crippen molar-refractivity contribution < 1.29 is 17.9 Å². The first kappa shape index (κ1) is 19.7. The van der Waals surface area contributed by atoms with Gasteiger partial charge in [-0.2, -0.15) is 0 Å². The van der Waals surface area contributed by atoms with Gasteiger partial charge in [0.15, 0.2) is 0 Å². The molecule has 140 valence electrons. The van der Waals surface area contributed by atoms with Crippen LogP contribution < -0.4 is 14.8 Å². The maximum atomic E-state index is 12.3. The quantitative estimate of drug-likeness (QED) is 0.725. The molecule has 1 unspecified atom stereocenters. The summed E-state index contributed by atoms with van der Waals surface area (Å²) in [6, 6.07) is 4.78. The fourth-order valence-electron chi connectivity index (χ4n) is 2.88. The molecule has 2 rings (SSSR count). The van der Waals surface area contributed by atoms with E-state index in [2.05, 4.69) is 17.0 Å². The van der Waals surface area contributed by atoms with Crippen molar-refractivity contribution >= 4 is 15.9 Å². The molecule has 6 nitrogen and oxygen atoms in total. The number of sulfonamides is 1. The number of unbranched alkanes of at least 4 members (excludes halogenated alkanes) is 1. The molecule has 2 N–H and O–H groups in total. The Labute approximate surface area is 150 Å². The number of carbonyl (C=O) groups excluding carboxylic acids is 1. The van der Waals surface area contributed by atoms with E-state index in [1.807, 2.05) is 13.8 Å². The Bertz CT molecular complexity index is 729. The largest absolute Gasteiger partial charge is 0.487 e. The monoisotopic (exact) mass is 368 g/mol. The van der Waals surface area contributed by atoms with Gasteiger partial charge in [-0.1, -0.05) is 13.3 Å². The fourth-order valence-corrected chi connectivity index (χ4v) is 3.69. The van der Waals surface area contributed by atoms with E-state index >= 15 is 0 Å². The van der Waals surface area contributed by atoms with Crippen LogP contribution in [0.4, 0.5) is 0 Å². The van der Waals surface area contributed by atoms with Crippen molar-refractivity contribution in [1.29, 1.82) is 0 Å². The predicted molar refractivity (Wildman–Crippen MR) is 98.3 cm³/mol. The lowest BCUT2D eigenvalue weighted by Crippen LogP contribution is -2.41. The minimum absolute atomic E-state index is 0.0112. The molecule has 1 aromatic carbocycles. The molecule has 0 fully saturated rings. The first-order valence-electron chi connectivity index (χ1n) is 8.78. The van der Waals surface area contributed by atoms with Gasteiger partial charge in [-0.05, 0) is 45.4 Å². The molecule has 1 heterocycles. The van der Waals surface area contributed by atoms with Crippen molar-refractivity contribution in [2.75, 3.05) is 12.3 Å². The molecule has 1 aliphatic heterocycles. The summed E-state index contributed by atoms with van der Waals surface area (Å²) in [6.45, 7) is 8.14. The van der Waals surface area contributed by atoms with Crippen LogP contribution in [-0.2, 0) is 10.0 Å². The third-order valence-electron chi connectivity index (χ3n) is 4.25. The number of hydrogen-bond donors (Lipinski definition) is 2. The zero-order chi connectivity index (χ0) is 18.7. The Hall–Kier alpha value is -1.60. The number of ether oxygens (including phenoxy) is 1. The Balaban J connectivity index is 2.31. The molecule has 1 atom stereocenters. The minimum atomic E-state index is -3.37. The summed E-state index contributed by atoms with van der Waals surface area (Å²) in [5.41, 5.74) is 0.733. The Morgan fingerprint density at radius 3 is 2.68 bits per heavy atom. The molecular weight excluding hydrogens is 340 g/mol. The van der Waals surface area contributed by atoms with Gasteiger partial charge in [-0.3, -0.25) is 4.79 Å². The van der Waals surface area contributed by atoms with Crippen molar-refractivity contribution in [2.45, 2.75) is 58.6 Å². The molecule has 1 aliphatic rings. The summed E-state index contributed by atoms with van der Waals surface area (Å²) in [6.07, 6.45) is 2.43. The molecule has 0 spiro atoms. The maximum absolute atomic E-state index is 12.3. The van der Waals surface area contributed by atoms with Gasteiger partial charge in [-0.25, -0.2) is 13.1 Å². The van der Waals surface area contributed by atoms with Gasteiger partial charge in [0.1, 0.15) is 11.4 Å². The van der Waals surface area contributed by atoms with Crippen molar-refractivity contribution in [1.82, 2.24) is 10.0 Å². The fraction of sp³-hybridized carbons (Fsp3) is 0.611. The molecule has 0 aromatic heterocycles. The van der Waals surface area contributed by atoms with Crippen molar-refractivity contribution in [2.24, 2.45) is 0 Å². The van der Waals surface area contributed by atoms with Crippen LogP contribution in [0, 0.1) is 0 Å². The lowest BCUT2D eigenvalue weighted by atomic mass is 9.89. The number of fused-ring (bicyclic) bond motifs is 1. The molecule has 25 heavy (non-hydrogen) atoms. The van der Waals surface area contributed by atoms with Crippen molar-refractivity contribution in [3.63, 3.8) is 0 Å². The highest BCUT2D eigenvalue weighted by atomic mass is 32.2. The van der Waals surface area contributed by atoms with Crippen LogP contribution in [0.2, 0.25) is 0 Å². The van der Waals surface area contributed by atoms with Gasteiger partial charge in [0.25, 0.3) is 5.91 Å². The molecule has 0 saturated carbocycles. The van der Waals surface area contributed by atoms with Crippen LogP contribution >= 0.6 is 0 Å². The number of amides is 1. The van der Waals surface area contributed by atoms with Gasteiger partial charge in [-0.15, -0.1) is 0 Å². The molecule has 7 heteroatoms. The van der Waals surface area contributed by atoms with E-state index in [1.165, 1.54) is 0 Å².